The SMILES string of the molecule is CC(=O)N1CCN(S(=O)(=O)c2ccc(Oc3cccc(Cl)c3C#N)cc2)CC1. The van der Waals surface area contributed by atoms with Gasteiger partial charge < -0.3 is 9.64 Å². The van der Waals surface area contributed by atoms with Crippen LogP contribution >= 0.6 is 11.6 Å². The highest BCUT2D eigenvalue weighted by atomic mass is 35.5. The molecule has 0 spiro atoms. The molecule has 1 aliphatic heterocycles. The maximum Gasteiger partial charge on any atom is 0.243 e. The van der Waals surface area contributed by atoms with Gasteiger partial charge in [-0.25, -0.2) is 8.42 Å². The first-order valence-corrected chi connectivity index (χ1v) is 10.4. The van der Waals surface area contributed by atoms with Crippen molar-refractivity contribution in [1.29, 1.82) is 5.26 Å². The van der Waals surface area contributed by atoms with E-state index in [1.807, 2.05) is 6.07 Å². The number of hydrogen-bond donors (Lipinski definition) is 0. The Bertz CT molecular complexity index is 1020. The molecular formula is C19H18ClN3O4S. The highest BCUT2D eigenvalue weighted by Gasteiger charge is 2.29. The number of carbonyl (C=O) groups is 1. The van der Waals surface area contributed by atoms with Crippen molar-refractivity contribution >= 4 is 27.5 Å². The minimum Gasteiger partial charge on any atom is -0.456 e. The van der Waals surface area contributed by atoms with E-state index in [-0.39, 0.29) is 34.5 Å². The number of halogens is 1. The number of carbonyl (C=O) groups excluding carboxylic acids is 1. The first-order valence-electron chi connectivity index (χ1n) is 8.55. The van der Waals surface area contributed by atoms with Crippen LogP contribution in [0.2, 0.25) is 5.02 Å². The van der Waals surface area contributed by atoms with Gasteiger partial charge in [0.15, 0.2) is 0 Å². The maximum atomic E-state index is 12.8. The lowest BCUT2D eigenvalue weighted by molar-refractivity contribution is -0.129. The number of nitriles is 1. The molecular weight excluding hydrogens is 402 g/mol. The molecule has 0 aromatic heterocycles. The molecule has 3 rings (SSSR count). The van der Waals surface area contributed by atoms with Crippen LogP contribution in [0, 0.1) is 11.3 Å². The number of hydrogen-bond acceptors (Lipinski definition) is 5. The van der Waals surface area contributed by atoms with Gasteiger partial charge in [0.2, 0.25) is 15.9 Å². The van der Waals surface area contributed by atoms with Crippen molar-refractivity contribution in [2.75, 3.05) is 26.2 Å². The predicted octanol–water partition coefficient (Wildman–Crippen LogP) is 2.86. The van der Waals surface area contributed by atoms with Crippen LogP contribution in [0.25, 0.3) is 0 Å². The average molecular weight is 420 g/mol. The molecule has 146 valence electrons. The molecule has 28 heavy (non-hydrogen) atoms. The Balaban J connectivity index is 1.75. The summed E-state index contributed by atoms with van der Waals surface area (Å²) in [5.41, 5.74) is 0.212. The molecule has 0 unspecified atom stereocenters. The highest BCUT2D eigenvalue weighted by molar-refractivity contribution is 7.89. The molecule has 1 saturated heterocycles. The molecule has 0 atom stereocenters. The van der Waals surface area contributed by atoms with Crippen LogP contribution in [0.15, 0.2) is 47.4 Å². The molecule has 2 aromatic rings. The van der Waals surface area contributed by atoms with Crippen LogP contribution in [0.3, 0.4) is 0 Å². The Morgan fingerprint density at radius 2 is 1.75 bits per heavy atom. The summed E-state index contributed by atoms with van der Waals surface area (Å²) in [5, 5.41) is 9.48. The third-order valence-corrected chi connectivity index (χ3v) is 6.69. The molecule has 9 heteroatoms. The quantitative estimate of drug-likeness (QED) is 0.759. The number of sulfonamides is 1. The highest BCUT2D eigenvalue weighted by Crippen LogP contribution is 2.30. The van der Waals surface area contributed by atoms with Gasteiger partial charge in [0.1, 0.15) is 23.1 Å². The van der Waals surface area contributed by atoms with Crippen LogP contribution in [-0.2, 0) is 14.8 Å². The number of nitrogens with zero attached hydrogens (tertiary/aromatic N) is 3. The summed E-state index contributed by atoms with van der Waals surface area (Å²) in [6, 6.07) is 12.8. The van der Waals surface area contributed by atoms with Gasteiger partial charge in [0, 0.05) is 33.1 Å². The summed E-state index contributed by atoms with van der Waals surface area (Å²) in [4.78, 5) is 13.2. The molecule has 0 bridgehead atoms. The molecule has 0 N–H and O–H groups in total. The average Bonchev–Trinajstić information content (AvgIpc) is 2.69. The number of piperazine rings is 1. The minimum absolute atomic E-state index is 0.0590. The van der Waals surface area contributed by atoms with Gasteiger partial charge in [-0.1, -0.05) is 17.7 Å². The van der Waals surface area contributed by atoms with Crippen LogP contribution in [0.5, 0.6) is 11.5 Å². The van der Waals surface area contributed by atoms with E-state index in [0.29, 0.717) is 24.6 Å². The zero-order chi connectivity index (χ0) is 20.3. The lowest BCUT2D eigenvalue weighted by Gasteiger charge is -2.33. The van der Waals surface area contributed by atoms with Crippen LogP contribution in [-0.4, -0.2) is 49.7 Å². The molecule has 1 aliphatic rings. The Hall–Kier alpha value is -2.60. The van der Waals surface area contributed by atoms with Crippen molar-refractivity contribution in [1.82, 2.24) is 9.21 Å². The van der Waals surface area contributed by atoms with E-state index >= 15 is 0 Å². The molecule has 1 fully saturated rings. The van der Waals surface area contributed by atoms with E-state index in [1.165, 1.54) is 35.5 Å². The van der Waals surface area contributed by atoms with Crippen molar-refractivity contribution in [2.24, 2.45) is 0 Å². The zero-order valence-electron chi connectivity index (χ0n) is 15.1. The summed E-state index contributed by atoms with van der Waals surface area (Å²) in [6.07, 6.45) is 0. The minimum atomic E-state index is -3.65. The molecule has 1 heterocycles. The standard InChI is InChI=1S/C19H18ClN3O4S/c1-14(24)22-9-11-23(12-10-22)28(25,26)16-7-5-15(6-8-16)27-19-4-2-3-18(20)17(19)13-21/h2-8H,9-12H2,1H3. The van der Waals surface area contributed by atoms with Gasteiger partial charge >= 0.3 is 0 Å². The third-order valence-electron chi connectivity index (χ3n) is 4.46. The van der Waals surface area contributed by atoms with E-state index in [2.05, 4.69) is 0 Å². The maximum absolute atomic E-state index is 12.8. The Morgan fingerprint density at radius 3 is 2.32 bits per heavy atom. The number of ether oxygens (including phenoxy) is 1. The number of benzene rings is 2. The summed E-state index contributed by atoms with van der Waals surface area (Å²) >= 11 is 5.98. The second kappa shape index (κ2) is 8.19. The summed E-state index contributed by atoms with van der Waals surface area (Å²) in [6.45, 7) is 2.74. The Kier molecular flexibility index (Phi) is 5.89. The second-order valence-corrected chi connectivity index (χ2v) is 8.55. The third kappa shape index (κ3) is 4.12. The fraction of sp³-hybridized carbons (Fsp3) is 0.263. The van der Waals surface area contributed by atoms with Crippen LogP contribution < -0.4 is 4.74 Å². The summed E-state index contributed by atoms with van der Waals surface area (Å²) in [5.74, 6) is 0.626. The van der Waals surface area contributed by atoms with E-state index in [9.17, 15) is 18.5 Å². The lowest BCUT2D eigenvalue weighted by Crippen LogP contribution is -2.49. The first-order chi connectivity index (χ1) is 13.3. The summed E-state index contributed by atoms with van der Waals surface area (Å²) in [7, 11) is -3.65. The van der Waals surface area contributed by atoms with Gasteiger partial charge in [0.25, 0.3) is 0 Å². The van der Waals surface area contributed by atoms with Gasteiger partial charge in [-0.3, -0.25) is 4.79 Å². The first kappa shape index (κ1) is 20.1. The molecule has 2 aromatic carbocycles. The largest absolute Gasteiger partial charge is 0.456 e. The van der Waals surface area contributed by atoms with Gasteiger partial charge in [-0.15, -0.1) is 0 Å². The second-order valence-electron chi connectivity index (χ2n) is 6.21. The molecule has 0 aliphatic carbocycles. The van der Waals surface area contributed by atoms with E-state index < -0.39 is 10.0 Å². The van der Waals surface area contributed by atoms with Gasteiger partial charge in [-0.05, 0) is 36.4 Å². The van der Waals surface area contributed by atoms with Crippen LogP contribution in [0.4, 0.5) is 0 Å². The van der Waals surface area contributed by atoms with E-state index in [4.69, 9.17) is 16.3 Å². The lowest BCUT2D eigenvalue weighted by atomic mass is 10.2. The van der Waals surface area contributed by atoms with Crippen molar-refractivity contribution in [3.05, 3.63) is 53.1 Å². The Morgan fingerprint density at radius 1 is 1.11 bits per heavy atom. The monoisotopic (exact) mass is 419 g/mol. The topological polar surface area (TPSA) is 90.7 Å². The van der Waals surface area contributed by atoms with Crippen molar-refractivity contribution in [2.45, 2.75) is 11.8 Å². The predicted molar refractivity (Wildman–Crippen MR) is 104 cm³/mol. The van der Waals surface area contributed by atoms with E-state index in [1.54, 1.807) is 23.1 Å². The Labute approximate surface area is 168 Å². The van der Waals surface area contributed by atoms with E-state index in [0.717, 1.165) is 0 Å². The number of amides is 1. The summed E-state index contributed by atoms with van der Waals surface area (Å²) < 4.78 is 32.6. The molecule has 7 nitrogen and oxygen atoms in total. The smallest absolute Gasteiger partial charge is 0.243 e. The van der Waals surface area contributed by atoms with Gasteiger partial charge in [-0.2, -0.15) is 9.57 Å². The van der Waals surface area contributed by atoms with Crippen molar-refractivity contribution in [3.63, 3.8) is 0 Å². The molecule has 0 radical (unpaired) electrons. The van der Waals surface area contributed by atoms with Gasteiger partial charge in [0.05, 0.1) is 9.92 Å². The fourth-order valence-corrected chi connectivity index (χ4v) is 4.53. The number of rotatable bonds is 4. The van der Waals surface area contributed by atoms with Crippen molar-refractivity contribution in [3.8, 4) is 17.6 Å². The zero-order valence-corrected chi connectivity index (χ0v) is 16.7. The van der Waals surface area contributed by atoms with Crippen molar-refractivity contribution < 1.29 is 17.9 Å². The normalized spacial score (nSPS) is 15.1. The van der Waals surface area contributed by atoms with Crippen LogP contribution in [0.1, 0.15) is 12.5 Å². The fourth-order valence-electron chi connectivity index (χ4n) is 2.90. The molecule has 1 amide bonds. The molecule has 0 saturated carbocycles.